The molecule has 4 rings (SSSR count). The summed E-state index contributed by atoms with van der Waals surface area (Å²) < 4.78 is 30.0. The van der Waals surface area contributed by atoms with Crippen molar-refractivity contribution in [1.29, 1.82) is 0 Å². The molecule has 3 fully saturated rings. The van der Waals surface area contributed by atoms with Crippen LogP contribution >= 0.6 is 11.3 Å². The molecule has 6 heteroatoms. The zero-order valence-electron chi connectivity index (χ0n) is 11.9. The standard InChI is InChI=1S/C14H20O4S2/c1-13(2)9-7-10(13)14(3,15)11(8-9)18-20(16,17)12-5-4-6-19-12/h4-6,9-11,15H,7-8H2,1-3H3/t9?,10?,11-,14+/m1/s1. The van der Waals surface area contributed by atoms with E-state index in [1.54, 1.807) is 18.4 Å². The van der Waals surface area contributed by atoms with E-state index < -0.39 is 21.8 Å². The van der Waals surface area contributed by atoms with Gasteiger partial charge >= 0.3 is 10.1 Å². The number of hydrogen-bond donors (Lipinski definition) is 1. The number of thiophene rings is 1. The average Bonchev–Trinajstić information content (AvgIpc) is 2.84. The monoisotopic (exact) mass is 316 g/mol. The third kappa shape index (κ3) is 1.96. The Balaban J connectivity index is 1.83. The predicted octanol–water partition coefficient (Wildman–Crippen LogP) is 2.64. The van der Waals surface area contributed by atoms with Gasteiger partial charge < -0.3 is 5.11 Å². The van der Waals surface area contributed by atoms with Crippen LogP contribution in [-0.2, 0) is 14.3 Å². The lowest BCUT2D eigenvalue weighted by Gasteiger charge is -2.64. The molecule has 4 atom stereocenters. The summed E-state index contributed by atoms with van der Waals surface area (Å²) in [5, 5.41) is 12.5. The van der Waals surface area contributed by atoms with E-state index in [1.807, 2.05) is 0 Å². The second kappa shape index (κ2) is 4.29. The maximum atomic E-state index is 12.2. The summed E-state index contributed by atoms with van der Waals surface area (Å²) in [6.45, 7) is 6.00. The smallest absolute Gasteiger partial charge is 0.306 e. The van der Waals surface area contributed by atoms with Gasteiger partial charge in [-0.3, -0.25) is 4.18 Å². The van der Waals surface area contributed by atoms with Crippen LogP contribution in [0.5, 0.6) is 0 Å². The van der Waals surface area contributed by atoms with Crippen molar-refractivity contribution in [3.63, 3.8) is 0 Å². The second-order valence-electron chi connectivity index (χ2n) is 6.74. The molecule has 2 unspecified atom stereocenters. The summed E-state index contributed by atoms with van der Waals surface area (Å²) in [5.41, 5.74) is -1.03. The highest BCUT2D eigenvalue weighted by Crippen LogP contribution is 2.63. The molecule has 4 nitrogen and oxygen atoms in total. The molecule has 1 aromatic rings. The molecule has 3 aliphatic rings. The van der Waals surface area contributed by atoms with Gasteiger partial charge in [-0.15, -0.1) is 11.3 Å². The van der Waals surface area contributed by atoms with Crippen LogP contribution in [0.15, 0.2) is 21.7 Å². The van der Waals surface area contributed by atoms with E-state index in [4.69, 9.17) is 4.18 Å². The van der Waals surface area contributed by atoms with Gasteiger partial charge in [0.25, 0.3) is 0 Å². The molecule has 0 radical (unpaired) electrons. The van der Waals surface area contributed by atoms with Crippen molar-refractivity contribution in [2.75, 3.05) is 0 Å². The van der Waals surface area contributed by atoms with Crippen LogP contribution in [0.4, 0.5) is 0 Å². The van der Waals surface area contributed by atoms with Crippen molar-refractivity contribution in [2.24, 2.45) is 17.3 Å². The molecule has 0 aromatic carbocycles. The molecular weight excluding hydrogens is 296 g/mol. The molecule has 20 heavy (non-hydrogen) atoms. The summed E-state index contributed by atoms with van der Waals surface area (Å²) in [4.78, 5) is 0. The molecule has 112 valence electrons. The average molecular weight is 316 g/mol. The lowest BCUT2D eigenvalue weighted by atomic mass is 9.43. The first kappa shape index (κ1) is 14.5. The second-order valence-corrected chi connectivity index (χ2v) is 9.49. The van der Waals surface area contributed by atoms with Crippen LogP contribution in [0.2, 0.25) is 0 Å². The van der Waals surface area contributed by atoms with Crippen LogP contribution in [0.3, 0.4) is 0 Å². The fourth-order valence-electron chi connectivity index (χ4n) is 3.87. The first-order chi connectivity index (χ1) is 9.15. The van der Waals surface area contributed by atoms with Gasteiger partial charge in [0, 0.05) is 0 Å². The normalized spacial score (nSPS) is 39.3. The third-order valence-corrected chi connectivity index (χ3v) is 7.99. The summed E-state index contributed by atoms with van der Waals surface area (Å²) in [5.74, 6) is 0.522. The minimum atomic E-state index is -3.77. The molecule has 1 N–H and O–H groups in total. The fourth-order valence-corrected chi connectivity index (χ4v) is 6.00. The summed E-state index contributed by atoms with van der Waals surface area (Å²) in [6.07, 6.45) is 0.909. The zero-order valence-corrected chi connectivity index (χ0v) is 13.5. The lowest BCUT2D eigenvalue weighted by Crippen LogP contribution is -2.67. The maximum absolute atomic E-state index is 12.2. The van der Waals surface area contributed by atoms with E-state index in [2.05, 4.69) is 13.8 Å². The first-order valence-corrected chi connectivity index (χ1v) is 9.13. The van der Waals surface area contributed by atoms with Gasteiger partial charge in [-0.25, -0.2) is 0 Å². The SMILES string of the molecule is CC1(C)C2CC1[C@](C)(O)[C@H](OS(=O)(=O)c1cccs1)C2. The summed E-state index contributed by atoms with van der Waals surface area (Å²) in [6, 6.07) is 3.21. The Morgan fingerprint density at radius 2 is 2.05 bits per heavy atom. The van der Waals surface area contributed by atoms with Crippen molar-refractivity contribution < 1.29 is 17.7 Å². The van der Waals surface area contributed by atoms with Gasteiger partial charge in [0.05, 0.1) is 5.60 Å². The van der Waals surface area contributed by atoms with Gasteiger partial charge in [-0.05, 0) is 48.5 Å². The molecule has 0 saturated heterocycles. The van der Waals surface area contributed by atoms with Gasteiger partial charge in [-0.2, -0.15) is 8.42 Å². The van der Waals surface area contributed by atoms with E-state index in [9.17, 15) is 13.5 Å². The predicted molar refractivity (Wildman–Crippen MR) is 77.0 cm³/mol. The number of aliphatic hydroxyl groups is 1. The number of hydrogen-bond acceptors (Lipinski definition) is 5. The first-order valence-electron chi connectivity index (χ1n) is 6.85. The maximum Gasteiger partial charge on any atom is 0.306 e. The Morgan fingerprint density at radius 1 is 1.35 bits per heavy atom. The zero-order chi connectivity index (χ0) is 14.8. The number of rotatable bonds is 3. The Morgan fingerprint density at radius 3 is 2.55 bits per heavy atom. The Kier molecular flexibility index (Phi) is 3.11. The fraction of sp³-hybridized carbons (Fsp3) is 0.714. The highest BCUT2D eigenvalue weighted by Gasteiger charge is 2.64. The molecule has 1 heterocycles. The van der Waals surface area contributed by atoms with Crippen molar-refractivity contribution in [1.82, 2.24) is 0 Å². The minimum Gasteiger partial charge on any atom is -0.387 e. The topological polar surface area (TPSA) is 63.6 Å². The van der Waals surface area contributed by atoms with Crippen LogP contribution in [0.1, 0.15) is 33.6 Å². The molecule has 0 aliphatic heterocycles. The van der Waals surface area contributed by atoms with E-state index in [-0.39, 0.29) is 15.5 Å². The Hall–Kier alpha value is -0.430. The molecule has 0 amide bonds. The summed E-state index contributed by atoms with van der Waals surface area (Å²) in [7, 11) is -3.77. The lowest BCUT2D eigenvalue weighted by molar-refractivity contribution is -0.237. The van der Waals surface area contributed by atoms with Crippen molar-refractivity contribution in [2.45, 2.75) is 49.5 Å². The molecule has 3 saturated carbocycles. The Bertz CT molecular complexity index is 601. The van der Waals surface area contributed by atoms with Crippen LogP contribution in [0.25, 0.3) is 0 Å². The molecule has 0 spiro atoms. The van der Waals surface area contributed by atoms with E-state index in [1.165, 1.54) is 6.07 Å². The minimum absolute atomic E-state index is 0.0655. The molecular formula is C14H20O4S2. The van der Waals surface area contributed by atoms with E-state index in [0.717, 1.165) is 17.8 Å². The van der Waals surface area contributed by atoms with Crippen molar-refractivity contribution >= 4 is 21.5 Å². The largest absolute Gasteiger partial charge is 0.387 e. The highest BCUT2D eigenvalue weighted by atomic mass is 32.3. The highest BCUT2D eigenvalue weighted by molar-refractivity contribution is 7.89. The summed E-state index contributed by atoms with van der Waals surface area (Å²) >= 11 is 1.14. The number of fused-ring (bicyclic) bond motifs is 2. The van der Waals surface area contributed by atoms with E-state index >= 15 is 0 Å². The van der Waals surface area contributed by atoms with E-state index in [0.29, 0.717) is 12.3 Å². The van der Waals surface area contributed by atoms with Crippen LogP contribution < -0.4 is 0 Å². The van der Waals surface area contributed by atoms with Gasteiger partial charge in [0.1, 0.15) is 10.3 Å². The quantitative estimate of drug-likeness (QED) is 0.871. The van der Waals surface area contributed by atoms with Gasteiger partial charge in [0.2, 0.25) is 0 Å². The van der Waals surface area contributed by atoms with Crippen LogP contribution in [-0.4, -0.2) is 25.2 Å². The molecule has 1 aromatic heterocycles. The van der Waals surface area contributed by atoms with Crippen molar-refractivity contribution in [3.05, 3.63) is 17.5 Å². The third-order valence-electron chi connectivity index (χ3n) is 5.31. The molecule has 3 aliphatic carbocycles. The van der Waals surface area contributed by atoms with Gasteiger partial charge in [0.15, 0.2) is 0 Å². The van der Waals surface area contributed by atoms with Crippen LogP contribution in [0, 0.1) is 17.3 Å². The van der Waals surface area contributed by atoms with Crippen molar-refractivity contribution in [3.8, 4) is 0 Å². The molecule has 2 bridgehead atoms. The Labute approximate surface area is 123 Å². The van der Waals surface area contributed by atoms with Gasteiger partial charge in [-0.1, -0.05) is 19.9 Å².